The van der Waals surface area contributed by atoms with Crippen molar-refractivity contribution in [1.82, 2.24) is 15.5 Å². The fourth-order valence-electron chi connectivity index (χ4n) is 4.50. The molecular formula is C19H26N4O2. The van der Waals surface area contributed by atoms with E-state index in [0.29, 0.717) is 24.3 Å². The number of hydrogen-bond donors (Lipinski definition) is 1. The van der Waals surface area contributed by atoms with Gasteiger partial charge in [0.2, 0.25) is 11.8 Å². The van der Waals surface area contributed by atoms with Crippen LogP contribution < -0.4 is 15.0 Å². The number of nitrogens with one attached hydrogen (secondary N) is 1. The van der Waals surface area contributed by atoms with Crippen LogP contribution in [0.25, 0.3) is 0 Å². The van der Waals surface area contributed by atoms with Crippen LogP contribution in [0, 0.1) is 23.7 Å². The van der Waals surface area contributed by atoms with E-state index in [1.165, 1.54) is 12.8 Å². The van der Waals surface area contributed by atoms with Gasteiger partial charge in [-0.2, -0.15) is 0 Å². The Morgan fingerprint density at radius 2 is 2.24 bits per heavy atom. The van der Waals surface area contributed by atoms with Gasteiger partial charge in [-0.3, -0.25) is 4.79 Å². The third-order valence-corrected chi connectivity index (χ3v) is 5.91. The fraction of sp³-hybridized carbons (Fsp3) is 0.632. The third-order valence-electron chi connectivity index (χ3n) is 5.91. The van der Waals surface area contributed by atoms with Crippen LogP contribution in [0.4, 0.5) is 5.82 Å². The zero-order valence-corrected chi connectivity index (χ0v) is 14.7. The highest BCUT2D eigenvalue weighted by Crippen LogP contribution is 2.43. The summed E-state index contributed by atoms with van der Waals surface area (Å²) in [6.07, 6.45) is 9.16. The Bertz CT molecular complexity index is 645. The number of amides is 1. The maximum absolute atomic E-state index is 12.6. The summed E-state index contributed by atoms with van der Waals surface area (Å²) in [6.45, 7) is 2.45. The number of fused-ring (bicyclic) bond motifs is 2. The van der Waals surface area contributed by atoms with Crippen LogP contribution in [0.1, 0.15) is 25.7 Å². The second kappa shape index (κ2) is 7.02. The summed E-state index contributed by atoms with van der Waals surface area (Å²) < 4.78 is 5.06. The van der Waals surface area contributed by atoms with E-state index >= 15 is 0 Å². The van der Waals surface area contributed by atoms with Crippen LogP contribution >= 0.6 is 0 Å². The molecule has 1 aromatic heterocycles. The van der Waals surface area contributed by atoms with E-state index in [9.17, 15) is 4.79 Å². The number of nitrogens with zero attached hydrogens (tertiary/aromatic N) is 3. The minimum absolute atomic E-state index is 0.0341. The molecule has 0 spiro atoms. The number of carbonyl (C=O) groups is 1. The van der Waals surface area contributed by atoms with Gasteiger partial charge in [0.1, 0.15) is 0 Å². The molecular weight excluding hydrogens is 316 g/mol. The van der Waals surface area contributed by atoms with Crippen molar-refractivity contribution < 1.29 is 9.53 Å². The SMILES string of the molecule is COc1ccc(N2CCC[C@H](C(=O)NC[C@H]3C[C@H]4C=C[C@H]3C4)C2)nn1. The van der Waals surface area contributed by atoms with Crippen molar-refractivity contribution in [3.8, 4) is 5.88 Å². The minimum atomic E-state index is 0.0341. The predicted molar refractivity (Wildman–Crippen MR) is 95.4 cm³/mol. The number of rotatable bonds is 5. The van der Waals surface area contributed by atoms with E-state index in [-0.39, 0.29) is 11.8 Å². The van der Waals surface area contributed by atoms with Crippen LogP contribution in [-0.4, -0.2) is 42.8 Å². The molecule has 2 heterocycles. The standard InChI is InChI=1S/C19H26N4O2/c1-25-18-7-6-17(21-22-18)23-8-2-3-15(12-23)19(24)20-11-16-10-13-4-5-14(16)9-13/h4-7,13-16H,2-3,8-12H2,1H3,(H,20,24)/t13-,14-,15-,16+/m0/s1. The number of ether oxygens (including phenoxy) is 1. The molecule has 2 fully saturated rings. The van der Waals surface area contributed by atoms with Crippen LogP contribution in [0.3, 0.4) is 0 Å². The monoisotopic (exact) mass is 342 g/mol. The molecule has 1 N–H and O–H groups in total. The first-order valence-electron chi connectivity index (χ1n) is 9.31. The molecule has 1 amide bonds. The first-order valence-corrected chi connectivity index (χ1v) is 9.31. The van der Waals surface area contributed by atoms with Gasteiger partial charge in [0.05, 0.1) is 13.0 Å². The molecule has 3 aliphatic rings. The van der Waals surface area contributed by atoms with Crippen molar-refractivity contribution in [2.45, 2.75) is 25.7 Å². The lowest BCUT2D eigenvalue weighted by Gasteiger charge is -2.33. The Labute approximate surface area is 148 Å². The Kier molecular flexibility index (Phi) is 4.59. The van der Waals surface area contributed by atoms with Crippen LogP contribution in [0.5, 0.6) is 5.88 Å². The van der Waals surface area contributed by atoms with Crippen molar-refractivity contribution in [2.24, 2.45) is 23.7 Å². The first kappa shape index (κ1) is 16.4. The second-order valence-electron chi connectivity index (χ2n) is 7.50. The summed E-state index contributed by atoms with van der Waals surface area (Å²) in [6, 6.07) is 3.72. The third kappa shape index (κ3) is 3.48. The molecule has 134 valence electrons. The van der Waals surface area contributed by atoms with Gasteiger partial charge < -0.3 is 15.0 Å². The molecule has 4 rings (SSSR count). The Balaban J connectivity index is 1.31. The molecule has 25 heavy (non-hydrogen) atoms. The highest BCUT2D eigenvalue weighted by Gasteiger charge is 2.36. The summed E-state index contributed by atoms with van der Waals surface area (Å²) in [4.78, 5) is 14.8. The van der Waals surface area contributed by atoms with E-state index in [1.54, 1.807) is 7.11 Å². The Hall–Kier alpha value is -2.11. The normalized spacial score (nSPS) is 30.5. The smallest absolute Gasteiger partial charge is 0.233 e. The lowest BCUT2D eigenvalue weighted by Crippen LogP contribution is -2.44. The molecule has 0 unspecified atom stereocenters. The van der Waals surface area contributed by atoms with E-state index in [1.807, 2.05) is 12.1 Å². The van der Waals surface area contributed by atoms with E-state index in [0.717, 1.165) is 37.7 Å². The van der Waals surface area contributed by atoms with E-state index < -0.39 is 0 Å². The average Bonchev–Trinajstić information content (AvgIpc) is 3.29. The number of carbonyl (C=O) groups excluding carboxylic acids is 1. The van der Waals surface area contributed by atoms with Crippen molar-refractivity contribution in [3.63, 3.8) is 0 Å². The average molecular weight is 342 g/mol. The summed E-state index contributed by atoms with van der Waals surface area (Å²) in [7, 11) is 1.58. The predicted octanol–water partition coefficient (Wildman–Crippen LogP) is 2.03. The summed E-state index contributed by atoms with van der Waals surface area (Å²) >= 11 is 0. The molecule has 1 saturated carbocycles. The van der Waals surface area contributed by atoms with Crippen molar-refractivity contribution in [2.75, 3.05) is 31.6 Å². The van der Waals surface area contributed by atoms with Gasteiger partial charge in [-0.1, -0.05) is 12.2 Å². The molecule has 2 aliphatic carbocycles. The largest absolute Gasteiger partial charge is 0.480 e. The number of piperidine rings is 1. The van der Waals surface area contributed by atoms with Gasteiger partial charge in [-0.05, 0) is 49.5 Å². The summed E-state index contributed by atoms with van der Waals surface area (Å²) in [5.74, 6) is 3.62. The summed E-state index contributed by atoms with van der Waals surface area (Å²) in [5.41, 5.74) is 0. The van der Waals surface area contributed by atoms with Gasteiger partial charge >= 0.3 is 0 Å². The molecule has 0 radical (unpaired) electrons. The zero-order valence-electron chi connectivity index (χ0n) is 14.7. The molecule has 1 saturated heterocycles. The lowest BCUT2D eigenvalue weighted by atomic mass is 9.92. The molecule has 6 nitrogen and oxygen atoms in total. The summed E-state index contributed by atoms with van der Waals surface area (Å²) in [5, 5.41) is 11.5. The fourth-order valence-corrected chi connectivity index (χ4v) is 4.50. The van der Waals surface area contributed by atoms with Gasteiger partial charge in [-0.15, -0.1) is 10.2 Å². The Morgan fingerprint density at radius 3 is 2.92 bits per heavy atom. The van der Waals surface area contributed by atoms with Gasteiger partial charge in [0.15, 0.2) is 5.82 Å². The van der Waals surface area contributed by atoms with E-state index in [2.05, 4.69) is 32.6 Å². The van der Waals surface area contributed by atoms with Gasteiger partial charge in [-0.25, -0.2) is 0 Å². The van der Waals surface area contributed by atoms with Crippen LogP contribution in [-0.2, 0) is 4.79 Å². The molecule has 1 aromatic rings. The molecule has 2 bridgehead atoms. The maximum Gasteiger partial charge on any atom is 0.233 e. The molecule has 0 aromatic carbocycles. The van der Waals surface area contributed by atoms with Crippen LogP contribution in [0.2, 0.25) is 0 Å². The van der Waals surface area contributed by atoms with Gasteiger partial charge in [0.25, 0.3) is 0 Å². The number of methoxy groups -OCH3 is 1. The van der Waals surface area contributed by atoms with E-state index in [4.69, 9.17) is 4.74 Å². The number of anilines is 1. The number of hydrogen-bond acceptors (Lipinski definition) is 5. The number of allylic oxidation sites excluding steroid dienone is 2. The highest BCUT2D eigenvalue weighted by molar-refractivity contribution is 5.79. The quantitative estimate of drug-likeness (QED) is 0.830. The second-order valence-corrected chi connectivity index (χ2v) is 7.50. The molecule has 4 atom stereocenters. The first-order chi connectivity index (χ1) is 12.2. The number of aromatic nitrogens is 2. The zero-order chi connectivity index (χ0) is 17.2. The maximum atomic E-state index is 12.6. The van der Waals surface area contributed by atoms with Crippen molar-refractivity contribution >= 4 is 11.7 Å². The molecule has 6 heteroatoms. The molecule has 1 aliphatic heterocycles. The topological polar surface area (TPSA) is 67.3 Å². The van der Waals surface area contributed by atoms with Gasteiger partial charge in [0, 0.05) is 25.7 Å². The lowest BCUT2D eigenvalue weighted by molar-refractivity contribution is -0.125. The van der Waals surface area contributed by atoms with Crippen LogP contribution in [0.15, 0.2) is 24.3 Å². The van der Waals surface area contributed by atoms with Crippen molar-refractivity contribution in [1.29, 1.82) is 0 Å². The Morgan fingerprint density at radius 1 is 1.32 bits per heavy atom. The highest BCUT2D eigenvalue weighted by atomic mass is 16.5. The minimum Gasteiger partial charge on any atom is -0.480 e. The van der Waals surface area contributed by atoms with Crippen molar-refractivity contribution in [3.05, 3.63) is 24.3 Å².